The van der Waals surface area contributed by atoms with E-state index < -0.39 is 24.2 Å². The molecule has 0 spiro atoms. The fourth-order valence-electron chi connectivity index (χ4n) is 2.50. The molecule has 1 saturated carbocycles. The van der Waals surface area contributed by atoms with Gasteiger partial charge in [-0.15, -0.1) is 0 Å². The molecular formula is C11H15F3N2O. The lowest BCUT2D eigenvalue weighted by Gasteiger charge is -2.35. The first kappa shape index (κ1) is 12.4. The van der Waals surface area contributed by atoms with Gasteiger partial charge in [-0.3, -0.25) is 4.68 Å². The van der Waals surface area contributed by atoms with Crippen LogP contribution in [0.5, 0.6) is 0 Å². The SMILES string of the molecule is Cc1ccnn1C1CC(O)CCC1C(F)(F)F. The molecule has 0 saturated heterocycles. The van der Waals surface area contributed by atoms with Crippen molar-refractivity contribution in [3.8, 4) is 0 Å². The van der Waals surface area contributed by atoms with Gasteiger partial charge in [-0.25, -0.2) is 0 Å². The van der Waals surface area contributed by atoms with Crippen molar-refractivity contribution in [3.05, 3.63) is 18.0 Å². The number of aliphatic hydroxyl groups excluding tert-OH is 1. The first-order chi connectivity index (χ1) is 7.89. The zero-order chi connectivity index (χ0) is 12.6. The molecule has 1 heterocycles. The third-order valence-electron chi connectivity index (χ3n) is 3.39. The van der Waals surface area contributed by atoms with Gasteiger partial charge in [0.05, 0.1) is 18.1 Å². The van der Waals surface area contributed by atoms with Crippen LogP contribution in [0, 0.1) is 12.8 Å². The highest BCUT2D eigenvalue weighted by Crippen LogP contribution is 2.44. The maximum Gasteiger partial charge on any atom is 0.393 e. The van der Waals surface area contributed by atoms with Crippen LogP contribution in [-0.4, -0.2) is 27.2 Å². The molecule has 1 aromatic heterocycles. The lowest BCUT2D eigenvalue weighted by molar-refractivity contribution is -0.199. The molecule has 17 heavy (non-hydrogen) atoms. The molecular weight excluding hydrogens is 233 g/mol. The van der Waals surface area contributed by atoms with E-state index in [1.807, 2.05) is 0 Å². The molecule has 96 valence electrons. The quantitative estimate of drug-likeness (QED) is 0.829. The molecule has 3 unspecified atom stereocenters. The number of halogens is 3. The zero-order valence-corrected chi connectivity index (χ0v) is 9.48. The molecule has 1 aliphatic rings. The third kappa shape index (κ3) is 2.46. The lowest BCUT2D eigenvalue weighted by Crippen LogP contribution is -2.39. The van der Waals surface area contributed by atoms with Crippen molar-refractivity contribution in [2.45, 2.75) is 44.5 Å². The predicted octanol–water partition coefficient (Wildman–Crippen LogP) is 2.46. The number of alkyl halides is 3. The van der Waals surface area contributed by atoms with E-state index in [4.69, 9.17) is 0 Å². The van der Waals surface area contributed by atoms with Gasteiger partial charge in [0.15, 0.2) is 0 Å². The van der Waals surface area contributed by atoms with Gasteiger partial charge in [-0.1, -0.05) is 0 Å². The molecule has 0 radical (unpaired) electrons. The molecule has 3 atom stereocenters. The van der Waals surface area contributed by atoms with E-state index in [-0.39, 0.29) is 19.3 Å². The number of aromatic nitrogens is 2. The van der Waals surface area contributed by atoms with Crippen LogP contribution in [0.15, 0.2) is 12.3 Å². The second-order valence-electron chi connectivity index (χ2n) is 4.60. The van der Waals surface area contributed by atoms with Crippen LogP contribution < -0.4 is 0 Å². The average molecular weight is 248 g/mol. The number of hydrogen-bond acceptors (Lipinski definition) is 2. The molecule has 1 aromatic rings. The number of aryl methyl sites for hydroxylation is 1. The van der Waals surface area contributed by atoms with Gasteiger partial charge in [0.1, 0.15) is 0 Å². The highest BCUT2D eigenvalue weighted by Gasteiger charge is 2.48. The molecule has 2 rings (SSSR count). The Balaban J connectivity index is 2.29. The Morgan fingerprint density at radius 3 is 2.65 bits per heavy atom. The van der Waals surface area contributed by atoms with E-state index in [0.717, 1.165) is 0 Å². The summed E-state index contributed by atoms with van der Waals surface area (Å²) in [6, 6.07) is 0.891. The van der Waals surface area contributed by atoms with Crippen LogP contribution in [-0.2, 0) is 0 Å². The number of nitrogens with zero attached hydrogens (tertiary/aromatic N) is 2. The minimum atomic E-state index is -4.23. The van der Waals surface area contributed by atoms with Gasteiger partial charge in [-0.05, 0) is 32.3 Å². The van der Waals surface area contributed by atoms with Crippen LogP contribution in [0.25, 0.3) is 0 Å². The summed E-state index contributed by atoms with van der Waals surface area (Å²) in [5.41, 5.74) is 0.693. The van der Waals surface area contributed by atoms with Crippen LogP contribution in [0.2, 0.25) is 0 Å². The lowest BCUT2D eigenvalue weighted by atomic mass is 9.82. The summed E-state index contributed by atoms with van der Waals surface area (Å²) < 4.78 is 40.1. The Hall–Kier alpha value is -1.04. The fourth-order valence-corrected chi connectivity index (χ4v) is 2.50. The van der Waals surface area contributed by atoms with Crippen molar-refractivity contribution in [2.75, 3.05) is 0 Å². The Morgan fingerprint density at radius 2 is 2.12 bits per heavy atom. The summed E-state index contributed by atoms with van der Waals surface area (Å²) >= 11 is 0. The Labute approximate surface area is 97.2 Å². The summed E-state index contributed by atoms with van der Waals surface area (Å²) in [5, 5.41) is 13.5. The molecule has 1 aliphatic carbocycles. The van der Waals surface area contributed by atoms with E-state index in [1.165, 1.54) is 10.9 Å². The minimum absolute atomic E-state index is 0.0331. The number of aliphatic hydroxyl groups is 1. The average Bonchev–Trinajstić information content (AvgIpc) is 2.62. The summed E-state index contributed by atoms with van der Waals surface area (Å²) in [4.78, 5) is 0. The van der Waals surface area contributed by atoms with Gasteiger partial charge < -0.3 is 5.11 Å². The molecule has 0 aromatic carbocycles. The van der Waals surface area contributed by atoms with E-state index in [9.17, 15) is 18.3 Å². The summed E-state index contributed by atoms with van der Waals surface area (Å²) in [6.07, 6.45) is -3.11. The second kappa shape index (κ2) is 4.33. The Kier molecular flexibility index (Phi) is 3.16. The predicted molar refractivity (Wildman–Crippen MR) is 55.4 cm³/mol. The Morgan fingerprint density at radius 1 is 1.41 bits per heavy atom. The second-order valence-corrected chi connectivity index (χ2v) is 4.60. The monoisotopic (exact) mass is 248 g/mol. The Bertz CT molecular complexity index is 388. The highest BCUT2D eigenvalue weighted by atomic mass is 19.4. The normalized spacial score (nSPS) is 30.5. The standard InChI is InChI=1S/C11H15F3N2O/c1-7-4-5-15-16(7)10-6-8(17)2-3-9(10)11(12,13)14/h4-5,8-10,17H,2-3,6H2,1H3. The maximum absolute atomic E-state index is 12.9. The molecule has 1 fully saturated rings. The van der Waals surface area contributed by atoms with Gasteiger partial charge in [0.2, 0.25) is 0 Å². The van der Waals surface area contributed by atoms with Gasteiger partial charge >= 0.3 is 6.18 Å². The van der Waals surface area contributed by atoms with Crippen molar-refractivity contribution in [1.29, 1.82) is 0 Å². The van der Waals surface area contributed by atoms with Crippen molar-refractivity contribution in [3.63, 3.8) is 0 Å². The van der Waals surface area contributed by atoms with Crippen molar-refractivity contribution in [1.82, 2.24) is 9.78 Å². The van der Waals surface area contributed by atoms with Crippen molar-refractivity contribution >= 4 is 0 Å². The fraction of sp³-hybridized carbons (Fsp3) is 0.727. The minimum Gasteiger partial charge on any atom is -0.393 e. The zero-order valence-electron chi connectivity index (χ0n) is 9.48. The van der Waals surface area contributed by atoms with Crippen LogP contribution in [0.3, 0.4) is 0 Å². The first-order valence-corrected chi connectivity index (χ1v) is 5.64. The van der Waals surface area contributed by atoms with Crippen LogP contribution >= 0.6 is 0 Å². The van der Waals surface area contributed by atoms with Gasteiger partial charge in [0, 0.05) is 11.9 Å². The van der Waals surface area contributed by atoms with E-state index in [1.54, 1.807) is 13.0 Å². The third-order valence-corrected chi connectivity index (χ3v) is 3.39. The largest absolute Gasteiger partial charge is 0.393 e. The summed E-state index contributed by atoms with van der Waals surface area (Å²) in [6.45, 7) is 1.72. The van der Waals surface area contributed by atoms with Crippen LogP contribution in [0.4, 0.5) is 13.2 Å². The number of hydrogen-bond donors (Lipinski definition) is 1. The van der Waals surface area contributed by atoms with Crippen molar-refractivity contribution < 1.29 is 18.3 Å². The van der Waals surface area contributed by atoms with E-state index in [2.05, 4.69) is 5.10 Å². The molecule has 0 bridgehead atoms. The summed E-state index contributed by atoms with van der Waals surface area (Å²) in [5.74, 6) is -1.41. The maximum atomic E-state index is 12.9. The molecule has 6 heteroatoms. The molecule has 3 nitrogen and oxygen atoms in total. The van der Waals surface area contributed by atoms with Gasteiger partial charge in [-0.2, -0.15) is 18.3 Å². The first-order valence-electron chi connectivity index (χ1n) is 5.64. The van der Waals surface area contributed by atoms with Crippen LogP contribution in [0.1, 0.15) is 31.0 Å². The number of rotatable bonds is 1. The van der Waals surface area contributed by atoms with Crippen molar-refractivity contribution in [2.24, 2.45) is 5.92 Å². The smallest absolute Gasteiger partial charge is 0.393 e. The molecule has 0 amide bonds. The van der Waals surface area contributed by atoms with E-state index >= 15 is 0 Å². The molecule has 0 aliphatic heterocycles. The highest BCUT2D eigenvalue weighted by molar-refractivity contribution is 5.01. The van der Waals surface area contributed by atoms with E-state index in [0.29, 0.717) is 5.69 Å². The topological polar surface area (TPSA) is 38.0 Å². The van der Waals surface area contributed by atoms with Gasteiger partial charge in [0.25, 0.3) is 0 Å². The summed E-state index contributed by atoms with van der Waals surface area (Å²) in [7, 11) is 0. The molecule has 1 N–H and O–H groups in total.